The van der Waals surface area contributed by atoms with Crippen LogP contribution in [0.25, 0.3) is 5.69 Å². The molecule has 0 atom stereocenters. The Morgan fingerprint density at radius 2 is 1.88 bits per heavy atom. The van der Waals surface area contributed by atoms with Gasteiger partial charge in [0.1, 0.15) is 11.6 Å². The zero-order valence-electron chi connectivity index (χ0n) is 14.1. The van der Waals surface area contributed by atoms with Crippen molar-refractivity contribution in [3.05, 3.63) is 46.9 Å². The molecule has 132 valence electrons. The summed E-state index contributed by atoms with van der Waals surface area (Å²) in [5.74, 6) is 0.854. The summed E-state index contributed by atoms with van der Waals surface area (Å²) in [5.41, 5.74) is 6.34. The minimum Gasteiger partial charge on any atom is -0.450 e. The molecule has 0 radical (unpaired) electrons. The van der Waals surface area contributed by atoms with E-state index in [9.17, 15) is 9.59 Å². The van der Waals surface area contributed by atoms with Gasteiger partial charge < -0.3 is 20.3 Å². The fraction of sp³-hybridized carbons (Fsp3) is 0.353. The smallest absolute Gasteiger partial charge is 0.409 e. The number of piperazine rings is 1. The van der Waals surface area contributed by atoms with E-state index < -0.39 is 5.69 Å². The maximum Gasteiger partial charge on any atom is 0.409 e. The topological polar surface area (TPSA) is 93.7 Å². The van der Waals surface area contributed by atoms with Crippen molar-refractivity contribution in [1.82, 2.24) is 14.5 Å². The molecule has 0 unspecified atom stereocenters. The molecule has 1 fully saturated rings. The number of nitrogens with zero attached hydrogens (tertiary/aromatic N) is 4. The number of aromatic nitrogens is 2. The molecule has 3 rings (SSSR count). The van der Waals surface area contributed by atoms with Crippen LogP contribution in [-0.2, 0) is 4.74 Å². The van der Waals surface area contributed by atoms with Gasteiger partial charge in [0.15, 0.2) is 0 Å². The number of carbonyl (C=O) groups is 1. The molecule has 0 bridgehead atoms. The first-order valence-corrected chi connectivity index (χ1v) is 8.22. The monoisotopic (exact) mass is 343 g/mol. The lowest BCUT2D eigenvalue weighted by atomic mass is 10.3. The lowest BCUT2D eigenvalue weighted by molar-refractivity contribution is 0.105. The normalized spacial score (nSPS) is 14.4. The van der Waals surface area contributed by atoms with Crippen molar-refractivity contribution in [2.24, 2.45) is 0 Å². The molecule has 0 aliphatic carbocycles. The summed E-state index contributed by atoms with van der Waals surface area (Å²) in [6, 6.07) is 10.8. The summed E-state index contributed by atoms with van der Waals surface area (Å²) in [7, 11) is 0. The van der Waals surface area contributed by atoms with Crippen molar-refractivity contribution < 1.29 is 9.53 Å². The van der Waals surface area contributed by atoms with Crippen LogP contribution >= 0.6 is 0 Å². The van der Waals surface area contributed by atoms with Crippen LogP contribution in [0.1, 0.15) is 6.92 Å². The van der Waals surface area contributed by atoms with Gasteiger partial charge in [-0.3, -0.25) is 0 Å². The highest BCUT2D eigenvalue weighted by molar-refractivity contribution is 5.68. The molecular weight excluding hydrogens is 322 g/mol. The Bertz CT molecular complexity index is 798. The van der Waals surface area contributed by atoms with E-state index in [1.54, 1.807) is 30.0 Å². The molecule has 8 nitrogen and oxygen atoms in total. The first-order chi connectivity index (χ1) is 12.1. The number of hydrogen-bond acceptors (Lipinski definition) is 6. The van der Waals surface area contributed by atoms with Crippen molar-refractivity contribution in [2.75, 3.05) is 43.4 Å². The van der Waals surface area contributed by atoms with Gasteiger partial charge in [-0.05, 0) is 19.1 Å². The largest absolute Gasteiger partial charge is 0.450 e. The fourth-order valence-electron chi connectivity index (χ4n) is 2.82. The maximum absolute atomic E-state index is 12.4. The molecule has 2 aromatic rings. The van der Waals surface area contributed by atoms with Gasteiger partial charge in [0, 0.05) is 32.2 Å². The number of para-hydroxylation sites is 1. The van der Waals surface area contributed by atoms with E-state index in [4.69, 9.17) is 10.5 Å². The molecule has 8 heteroatoms. The zero-order chi connectivity index (χ0) is 17.8. The minimum absolute atomic E-state index is 0.311. The molecule has 1 saturated heterocycles. The molecule has 0 saturated carbocycles. The summed E-state index contributed by atoms with van der Waals surface area (Å²) in [6.45, 7) is 4.31. The average Bonchev–Trinajstić information content (AvgIpc) is 2.62. The number of ether oxygens (including phenoxy) is 1. The molecule has 1 aromatic heterocycles. The Labute approximate surface area is 145 Å². The van der Waals surface area contributed by atoms with E-state index in [0.29, 0.717) is 50.1 Å². The zero-order valence-corrected chi connectivity index (χ0v) is 14.1. The predicted molar refractivity (Wildman–Crippen MR) is 95.1 cm³/mol. The highest BCUT2D eigenvalue weighted by Gasteiger charge is 2.23. The molecular formula is C17H21N5O3. The van der Waals surface area contributed by atoms with Gasteiger partial charge >= 0.3 is 11.8 Å². The van der Waals surface area contributed by atoms with Crippen LogP contribution in [0.15, 0.2) is 41.2 Å². The van der Waals surface area contributed by atoms with Crippen LogP contribution < -0.4 is 16.3 Å². The summed E-state index contributed by atoms with van der Waals surface area (Å²) in [6.07, 6.45) is -0.311. The lowest BCUT2D eigenvalue weighted by Gasteiger charge is -2.34. The van der Waals surface area contributed by atoms with Crippen molar-refractivity contribution in [3.8, 4) is 5.69 Å². The number of rotatable bonds is 3. The van der Waals surface area contributed by atoms with E-state index in [1.807, 2.05) is 23.1 Å². The second-order valence-electron chi connectivity index (χ2n) is 5.67. The fourth-order valence-corrected chi connectivity index (χ4v) is 2.82. The third kappa shape index (κ3) is 3.57. The van der Waals surface area contributed by atoms with Gasteiger partial charge in [-0.2, -0.15) is 4.98 Å². The summed E-state index contributed by atoms with van der Waals surface area (Å²) >= 11 is 0. The first kappa shape index (κ1) is 16.8. The number of anilines is 2. The van der Waals surface area contributed by atoms with E-state index in [2.05, 4.69) is 4.98 Å². The van der Waals surface area contributed by atoms with Gasteiger partial charge in [-0.1, -0.05) is 18.2 Å². The number of hydrogen-bond donors (Lipinski definition) is 1. The first-order valence-electron chi connectivity index (χ1n) is 8.22. The quantitative estimate of drug-likeness (QED) is 0.897. The Kier molecular flexibility index (Phi) is 4.87. The number of amides is 1. The standard InChI is InChI=1S/C17H21N5O3/c1-2-25-17(24)21-10-8-20(9-11-21)15-12-14(18)22(16(23)19-15)13-6-4-3-5-7-13/h3-7,12H,2,8-11,18H2,1H3. The molecule has 1 aromatic carbocycles. The molecule has 0 spiro atoms. The van der Waals surface area contributed by atoms with Gasteiger partial charge in [-0.25, -0.2) is 14.2 Å². The Morgan fingerprint density at radius 1 is 1.20 bits per heavy atom. The van der Waals surface area contributed by atoms with Crippen molar-refractivity contribution >= 4 is 17.7 Å². The van der Waals surface area contributed by atoms with Gasteiger partial charge in [0.05, 0.1) is 12.3 Å². The van der Waals surface area contributed by atoms with Crippen LogP contribution in [-0.4, -0.2) is 53.3 Å². The van der Waals surface area contributed by atoms with E-state index in [0.717, 1.165) is 0 Å². The molecule has 1 amide bonds. The van der Waals surface area contributed by atoms with Crippen LogP contribution in [0.3, 0.4) is 0 Å². The Hall–Kier alpha value is -3.03. The second-order valence-corrected chi connectivity index (χ2v) is 5.67. The lowest BCUT2D eigenvalue weighted by Crippen LogP contribution is -2.49. The Balaban J connectivity index is 1.77. The number of nitrogens with two attached hydrogens (primary N) is 1. The maximum atomic E-state index is 12.4. The average molecular weight is 343 g/mol. The molecule has 2 heterocycles. The minimum atomic E-state index is -0.422. The highest BCUT2D eigenvalue weighted by Crippen LogP contribution is 2.17. The number of nitrogen functional groups attached to an aromatic ring is 1. The molecule has 2 N–H and O–H groups in total. The molecule has 1 aliphatic heterocycles. The predicted octanol–water partition coefficient (Wildman–Crippen LogP) is 1.09. The van der Waals surface area contributed by atoms with E-state index in [-0.39, 0.29) is 6.09 Å². The van der Waals surface area contributed by atoms with Crippen molar-refractivity contribution in [2.45, 2.75) is 6.92 Å². The van der Waals surface area contributed by atoms with E-state index in [1.165, 1.54) is 4.57 Å². The molecule has 25 heavy (non-hydrogen) atoms. The SMILES string of the molecule is CCOC(=O)N1CCN(c2cc(N)n(-c3ccccc3)c(=O)n2)CC1. The second kappa shape index (κ2) is 7.25. The highest BCUT2D eigenvalue weighted by atomic mass is 16.6. The third-order valence-corrected chi connectivity index (χ3v) is 4.08. The number of carbonyl (C=O) groups excluding carboxylic acids is 1. The summed E-state index contributed by atoms with van der Waals surface area (Å²) in [4.78, 5) is 31.9. The number of benzene rings is 1. The van der Waals surface area contributed by atoms with Gasteiger partial charge in [0.2, 0.25) is 0 Å². The summed E-state index contributed by atoms with van der Waals surface area (Å²) < 4.78 is 6.38. The van der Waals surface area contributed by atoms with Crippen LogP contribution in [0.4, 0.5) is 16.4 Å². The van der Waals surface area contributed by atoms with E-state index >= 15 is 0 Å². The Morgan fingerprint density at radius 3 is 2.48 bits per heavy atom. The molecule has 1 aliphatic rings. The van der Waals surface area contributed by atoms with Gasteiger partial charge in [-0.15, -0.1) is 0 Å². The van der Waals surface area contributed by atoms with Crippen LogP contribution in [0.5, 0.6) is 0 Å². The van der Waals surface area contributed by atoms with Crippen molar-refractivity contribution in [3.63, 3.8) is 0 Å². The van der Waals surface area contributed by atoms with Crippen molar-refractivity contribution in [1.29, 1.82) is 0 Å². The van der Waals surface area contributed by atoms with Crippen LogP contribution in [0, 0.1) is 0 Å². The van der Waals surface area contributed by atoms with Crippen LogP contribution in [0.2, 0.25) is 0 Å². The summed E-state index contributed by atoms with van der Waals surface area (Å²) in [5, 5.41) is 0. The third-order valence-electron chi connectivity index (χ3n) is 4.08. The van der Waals surface area contributed by atoms with Gasteiger partial charge in [0.25, 0.3) is 0 Å².